The van der Waals surface area contributed by atoms with Gasteiger partial charge in [0.15, 0.2) is 0 Å². The minimum atomic E-state index is -0.517. The standard InChI is InChI=1S/C13H16N2O2/c1-9(13(14)17)15-8-11(7-12(15)16)10-5-3-2-4-6-10/h2-6,9,11H,7-8H2,1H3,(H2,14,17)/t9-,11+/m0/s1. The zero-order chi connectivity index (χ0) is 12.4. The zero-order valence-corrected chi connectivity index (χ0v) is 9.80. The van der Waals surface area contributed by atoms with Crippen molar-refractivity contribution < 1.29 is 9.59 Å². The Hall–Kier alpha value is -1.84. The lowest BCUT2D eigenvalue weighted by Gasteiger charge is -2.21. The summed E-state index contributed by atoms with van der Waals surface area (Å²) in [7, 11) is 0. The summed E-state index contributed by atoms with van der Waals surface area (Å²) in [5.41, 5.74) is 6.37. The fraction of sp³-hybridized carbons (Fsp3) is 0.385. The number of amides is 2. The number of nitrogens with two attached hydrogens (primary N) is 1. The van der Waals surface area contributed by atoms with E-state index in [0.717, 1.165) is 5.56 Å². The lowest BCUT2D eigenvalue weighted by molar-refractivity contribution is -0.135. The van der Waals surface area contributed by atoms with Gasteiger partial charge in [0.1, 0.15) is 6.04 Å². The van der Waals surface area contributed by atoms with Gasteiger partial charge < -0.3 is 10.6 Å². The highest BCUT2D eigenvalue weighted by molar-refractivity contribution is 5.88. The van der Waals surface area contributed by atoms with Crippen LogP contribution < -0.4 is 5.73 Å². The van der Waals surface area contributed by atoms with Crippen LogP contribution in [0.1, 0.15) is 24.8 Å². The van der Waals surface area contributed by atoms with Crippen LogP contribution in [0.3, 0.4) is 0 Å². The molecule has 0 aromatic heterocycles. The van der Waals surface area contributed by atoms with Crippen LogP contribution in [0.2, 0.25) is 0 Å². The van der Waals surface area contributed by atoms with Gasteiger partial charge in [0, 0.05) is 18.9 Å². The predicted molar refractivity (Wildman–Crippen MR) is 64.2 cm³/mol. The minimum absolute atomic E-state index is 0.00477. The Kier molecular flexibility index (Phi) is 3.13. The first kappa shape index (κ1) is 11.6. The molecule has 0 radical (unpaired) electrons. The Balaban J connectivity index is 2.13. The number of carbonyl (C=O) groups excluding carboxylic acids is 2. The molecule has 90 valence electrons. The molecule has 2 N–H and O–H groups in total. The Morgan fingerprint density at radius 3 is 2.65 bits per heavy atom. The Morgan fingerprint density at radius 1 is 1.41 bits per heavy atom. The molecule has 1 aromatic carbocycles. The molecule has 0 unspecified atom stereocenters. The van der Waals surface area contributed by atoms with E-state index < -0.39 is 11.9 Å². The molecule has 0 aliphatic carbocycles. The van der Waals surface area contributed by atoms with Crippen LogP contribution in [0.15, 0.2) is 30.3 Å². The number of likely N-dealkylation sites (tertiary alicyclic amines) is 1. The first-order valence-electron chi connectivity index (χ1n) is 5.73. The molecule has 1 aliphatic rings. The van der Waals surface area contributed by atoms with Crippen LogP contribution in [0.5, 0.6) is 0 Å². The number of nitrogens with zero attached hydrogens (tertiary/aromatic N) is 1. The molecular formula is C13H16N2O2. The molecule has 0 spiro atoms. The number of benzene rings is 1. The molecule has 1 saturated heterocycles. The highest BCUT2D eigenvalue weighted by atomic mass is 16.2. The molecule has 0 saturated carbocycles. The lowest BCUT2D eigenvalue weighted by atomic mass is 9.98. The van der Waals surface area contributed by atoms with Crippen molar-refractivity contribution in [3.8, 4) is 0 Å². The molecule has 1 aromatic rings. The average Bonchev–Trinajstić information content (AvgIpc) is 2.71. The van der Waals surface area contributed by atoms with E-state index in [1.165, 1.54) is 0 Å². The molecule has 2 amide bonds. The maximum absolute atomic E-state index is 11.8. The van der Waals surface area contributed by atoms with Crippen LogP contribution in [0.25, 0.3) is 0 Å². The molecule has 4 heteroatoms. The summed E-state index contributed by atoms with van der Waals surface area (Å²) in [6.45, 7) is 2.25. The summed E-state index contributed by atoms with van der Waals surface area (Å²) in [6.07, 6.45) is 0.460. The van der Waals surface area contributed by atoms with Crippen molar-refractivity contribution in [1.29, 1.82) is 0 Å². The quantitative estimate of drug-likeness (QED) is 0.840. The van der Waals surface area contributed by atoms with Crippen LogP contribution in [-0.4, -0.2) is 29.3 Å². The van der Waals surface area contributed by atoms with Crippen LogP contribution in [0.4, 0.5) is 0 Å². The maximum Gasteiger partial charge on any atom is 0.239 e. The summed E-state index contributed by atoms with van der Waals surface area (Å²) < 4.78 is 0. The maximum atomic E-state index is 11.8. The van der Waals surface area contributed by atoms with Gasteiger partial charge in [-0.25, -0.2) is 0 Å². The second kappa shape index (κ2) is 4.57. The first-order chi connectivity index (χ1) is 8.09. The fourth-order valence-corrected chi connectivity index (χ4v) is 2.21. The topological polar surface area (TPSA) is 63.4 Å². The summed E-state index contributed by atoms with van der Waals surface area (Å²) in [5, 5.41) is 0. The number of rotatable bonds is 3. The minimum Gasteiger partial charge on any atom is -0.368 e. The highest BCUT2D eigenvalue weighted by Crippen LogP contribution is 2.29. The van der Waals surface area contributed by atoms with Gasteiger partial charge in [-0.05, 0) is 12.5 Å². The Bertz CT molecular complexity index is 430. The van der Waals surface area contributed by atoms with E-state index in [1.54, 1.807) is 11.8 Å². The third-order valence-corrected chi connectivity index (χ3v) is 3.31. The lowest BCUT2D eigenvalue weighted by Crippen LogP contribution is -2.43. The van der Waals surface area contributed by atoms with Gasteiger partial charge in [0.05, 0.1) is 0 Å². The first-order valence-corrected chi connectivity index (χ1v) is 5.73. The molecule has 1 heterocycles. The monoisotopic (exact) mass is 232 g/mol. The van der Waals surface area contributed by atoms with Gasteiger partial charge in [-0.2, -0.15) is 0 Å². The smallest absolute Gasteiger partial charge is 0.239 e. The third kappa shape index (κ3) is 2.30. The SMILES string of the molecule is C[C@@H](C(N)=O)N1C[C@H](c2ccccc2)CC1=O. The van der Waals surface area contributed by atoms with Crippen molar-refractivity contribution in [3.05, 3.63) is 35.9 Å². The van der Waals surface area contributed by atoms with Gasteiger partial charge in [0.25, 0.3) is 0 Å². The molecule has 17 heavy (non-hydrogen) atoms. The van der Waals surface area contributed by atoms with Crippen molar-refractivity contribution >= 4 is 11.8 Å². The van der Waals surface area contributed by atoms with E-state index in [0.29, 0.717) is 13.0 Å². The summed E-state index contributed by atoms with van der Waals surface area (Å²) >= 11 is 0. The zero-order valence-electron chi connectivity index (χ0n) is 9.80. The third-order valence-electron chi connectivity index (χ3n) is 3.31. The van der Waals surface area contributed by atoms with E-state index in [-0.39, 0.29) is 11.8 Å². The second-order valence-corrected chi connectivity index (χ2v) is 4.44. The van der Waals surface area contributed by atoms with Gasteiger partial charge in [0.2, 0.25) is 11.8 Å². The number of hydrogen-bond donors (Lipinski definition) is 1. The average molecular weight is 232 g/mol. The number of carbonyl (C=O) groups is 2. The van der Waals surface area contributed by atoms with Crippen LogP contribution in [-0.2, 0) is 9.59 Å². The van der Waals surface area contributed by atoms with Crippen LogP contribution in [0, 0.1) is 0 Å². The molecule has 0 bridgehead atoms. The summed E-state index contributed by atoms with van der Waals surface area (Å²) in [5.74, 6) is -0.275. The van der Waals surface area contributed by atoms with Gasteiger partial charge in [-0.3, -0.25) is 9.59 Å². The van der Waals surface area contributed by atoms with E-state index in [4.69, 9.17) is 5.73 Å². The van der Waals surface area contributed by atoms with Gasteiger partial charge >= 0.3 is 0 Å². The molecule has 4 nitrogen and oxygen atoms in total. The van der Waals surface area contributed by atoms with E-state index in [9.17, 15) is 9.59 Å². The van der Waals surface area contributed by atoms with Gasteiger partial charge in [-0.1, -0.05) is 30.3 Å². The van der Waals surface area contributed by atoms with E-state index in [1.807, 2.05) is 30.3 Å². The largest absolute Gasteiger partial charge is 0.368 e. The van der Waals surface area contributed by atoms with Crippen molar-refractivity contribution in [1.82, 2.24) is 4.90 Å². The summed E-state index contributed by atoms with van der Waals surface area (Å²) in [6, 6.07) is 9.37. The van der Waals surface area contributed by atoms with Crippen molar-refractivity contribution in [2.75, 3.05) is 6.54 Å². The number of primary amides is 1. The number of hydrogen-bond acceptors (Lipinski definition) is 2. The fourth-order valence-electron chi connectivity index (χ4n) is 2.21. The Labute approximate surface area is 100 Å². The van der Waals surface area contributed by atoms with Crippen molar-refractivity contribution in [3.63, 3.8) is 0 Å². The van der Waals surface area contributed by atoms with E-state index >= 15 is 0 Å². The van der Waals surface area contributed by atoms with Crippen molar-refractivity contribution in [2.45, 2.75) is 25.3 Å². The normalized spacial score (nSPS) is 21.6. The van der Waals surface area contributed by atoms with E-state index in [2.05, 4.69) is 0 Å². The second-order valence-electron chi connectivity index (χ2n) is 4.44. The van der Waals surface area contributed by atoms with Crippen molar-refractivity contribution in [2.24, 2.45) is 5.73 Å². The molecule has 1 aliphatic heterocycles. The Morgan fingerprint density at radius 2 is 2.06 bits per heavy atom. The summed E-state index contributed by atoms with van der Waals surface area (Å²) in [4.78, 5) is 24.5. The van der Waals surface area contributed by atoms with Gasteiger partial charge in [-0.15, -0.1) is 0 Å². The van der Waals surface area contributed by atoms with Crippen LogP contribution >= 0.6 is 0 Å². The predicted octanol–water partition coefficient (Wildman–Crippen LogP) is 0.876. The molecule has 2 rings (SSSR count). The molecular weight excluding hydrogens is 216 g/mol. The highest BCUT2D eigenvalue weighted by Gasteiger charge is 2.35. The molecule has 1 fully saturated rings. The molecule has 2 atom stereocenters.